The van der Waals surface area contributed by atoms with Gasteiger partial charge in [0.2, 0.25) is 0 Å². The molecule has 0 fully saturated rings. The van der Waals surface area contributed by atoms with Gasteiger partial charge in [-0.05, 0) is 29.8 Å². The minimum atomic E-state index is 0.867. The zero-order chi connectivity index (χ0) is 14.9. The predicted octanol–water partition coefficient (Wildman–Crippen LogP) is 2.54. The molecule has 1 radical (unpaired) electrons. The molecule has 1 aliphatic rings. The van der Waals surface area contributed by atoms with Crippen LogP contribution in [0.5, 0.6) is 5.75 Å². The average Bonchev–Trinajstić information content (AvgIpc) is 2.60. The standard InChI is InChI=1S/C20H15NO/c1-22-15-12-10-14(11-13-15)20-16-6-2-4-8-18(16)21-19-9-5-3-7-17(19)20/h2-13H,1H3/q+1. The molecule has 3 aromatic carbocycles. The molecule has 0 bridgehead atoms. The molecule has 1 heterocycles. The van der Waals surface area contributed by atoms with E-state index in [9.17, 15) is 0 Å². The molecule has 22 heavy (non-hydrogen) atoms. The van der Waals surface area contributed by atoms with E-state index in [1.807, 2.05) is 24.3 Å². The van der Waals surface area contributed by atoms with Crippen molar-refractivity contribution in [3.8, 4) is 5.75 Å². The van der Waals surface area contributed by atoms with Crippen molar-refractivity contribution in [2.45, 2.75) is 0 Å². The topological polar surface area (TPSA) is 23.3 Å². The van der Waals surface area contributed by atoms with Crippen LogP contribution >= 0.6 is 0 Å². The molecule has 0 saturated carbocycles. The lowest BCUT2D eigenvalue weighted by molar-refractivity contribution is 0.415. The van der Waals surface area contributed by atoms with E-state index in [2.05, 4.69) is 48.5 Å². The van der Waals surface area contributed by atoms with E-state index in [-0.39, 0.29) is 0 Å². The second-order valence-corrected chi connectivity index (χ2v) is 5.25. The van der Waals surface area contributed by atoms with Gasteiger partial charge in [-0.1, -0.05) is 36.4 Å². The van der Waals surface area contributed by atoms with Gasteiger partial charge in [-0.2, -0.15) is 0 Å². The molecule has 2 heteroatoms. The van der Waals surface area contributed by atoms with Crippen LogP contribution in [0.3, 0.4) is 0 Å². The highest BCUT2D eigenvalue weighted by Gasteiger charge is 2.22. The van der Waals surface area contributed by atoms with Gasteiger partial charge in [-0.25, -0.2) is 0 Å². The van der Waals surface area contributed by atoms with Crippen molar-refractivity contribution in [1.29, 1.82) is 0 Å². The monoisotopic (exact) mass is 285 g/mol. The summed E-state index contributed by atoms with van der Waals surface area (Å²) in [5.74, 6) is 0.867. The van der Waals surface area contributed by atoms with Crippen LogP contribution in [-0.2, 0) is 0 Å². The molecule has 105 valence electrons. The van der Waals surface area contributed by atoms with E-state index in [4.69, 9.17) is 9.73 Å². The quantitative estimate of drug-likeness (QED) is 0.555. The summed E-state index contributed by atoms with van der Waals surface area (Å²) >= 11 is 0. The van der Waals surface area contributed by atoms with Crippen LogP contribution in [0.2, 0.25) is 0 Å². The molecule has 0 saturated heterocycles. The third-order valence-corrected chi connectivity index (χ3v) is 3.97. The number of ether oxygens (including phenoxy) is 1. The van der Waals surface area contributed by atoms with Gasteiger partial charge >= 0.3 is 0 Å². The van der Waals surface area contributed by atoms with E-state index >= 15 is 0 Å². The third kappa shape index (κ3) is 2.01. The lowest BCUT2D eigenvalue weighted by Crippen LogP contribution is -2.34. The number of methoxy groups -OCH3 is 1. The number of benzene rings is 3. The van der Waals surface area contributed by atoms with E-state index in [1.54, 1.807) is 7.11 Å². The Morgan fingerprint density at radius 2 is 1.50 bits per heavy atom. The van der Waals surface area contributed by atoms with Crippen LogP contribution in [0, 0.1) is 0 Å². The first-order valence-electron chi connectivity index (χ1n) is 7.29. The highest BCUT2D eigenvalue weighted by molar-refractivity contribution is 5.85. The first-order valence-corrected chi connectivity index (χ1v) is 7.29. The van der Waals surface area contributed by atoms with Gasteiger partial charge in [0.15, 0.2) is 0 Å². The maximum atomic E-state index is 5.27. The molecule has 0 spiro atoms. The number of nitrogens with zero attached hydrogens (tertiary/aromatic N) is 1. The third-order valence-electron chi connectivity index (χ3n) is 3.97. The highest BCUT2D eigenvalue weighted by Crippen LogP contribution is 2.28. The van der Waals surface area contributed by atoms with Gasteiger partial charge in [0.1, 0.15) is 5.75 Å². The van der Waals surface area contributed by atoms with Crippen molar-refractivity contribution in [1.82, 2.24) is 4.99 Å². The van der Waals surface area contributed by atoms with Crippen LogP contribution in [0.15, 0.2) is 72.8 Å². The zero-order valence-corrected chi connectivity index (χ0v) is 12.3. The van der Waals surface area contributed by atoms with E-state index < -0.39 is 0 Å². The number of hydrogen-bond acceptors (Lipinski definition) is 2. The smallest absolute Gasteiger partial charge is 0.285 e. The molecule has 0 amide bonds. The van der Waals surface area contributed by atoms with Crippen molar-refractivity contribution in [3.63, 3.8) is 0 Å². The average molecular weight is 285 g/mol. The van der Waals surface area contributed by atoms with Gasteiger partial charge < -0.3 is 4.74 Å². The van der Waals surface area contributed by atoms with Gasteiger partial charge in [-0.3, -0.25) is 0 Å². The largest absolute Gasteiger partial charge is 0.497 e. The summed E-state index contributed by atoms with van der Waals surface area (Å²) in [5.41, 5.74) is 4.60. The highest BCUT2D eigenvalue weighted by atomic mass is 16.5. The van der Waals surface area contributed by atoms with Crippen molar-refractivity contribution in [2.24, 2.45) is 0 Å². The van der Waals surface area contributed by atoms with Crippen LogP contribution in [0.25, 0.3) is 5.57 Å². The van der Waals surface area contributed by atoms with Crippen LogP contribution in [-0.4, -0.2) is 7.11 Å². The maximum absolute atomic E-state index is 5.27. The van der Waals surface area contributed by atoms with Crippen molar-refractivity contribution in [3.05, 3.63) is 94.5 Å². The molecule has 3 aromatic rings. The molecule has 4 rings (SSSR count). The molecular formula is C20H15NO+. The Morgan fingerprint density at radius 1 is 0.773 bits per heavy atom. The Balaban J connectivity index is 2.07. The Morgan fingerprint density at radius 3 is 2.32 bits per heavy atom. The minimum absolute atomic E-state index is 0.867. The second-order valence-electron chi connectivity index (χ2n) is 5.25. The summed E-state index contributed by atoms with van der Waals surface area (Å²) in [4.78, 5) is 4.77. The first kappa shape index (κ1) is 12.8. The van der Waals surface area contributed by atoms with Crippen LogP contribution in [0.1, 0.15) is 11.1 Å². The molecule has 0 atom stereocenters. The van der Waals surface area contributed by atoms with Gasteiger partial charge in [0.05, 0.1) is 22.9 Å². The van der Waals surface area contributed by atoms with E-state index in [1.165, 1.54) is 21.9 Å². The van der Waals surface area contributed by atoms with Gasteiger partial charge in [0, 0.05) is 17.7 Å². The summed E-state index contributed by atoms with van der Waals surface area (Å²) in [5, 5.41) is 2.19. The summed E-state index contributed by atoms with van der Waals surface area (Å²) in [6.45, 7) is 0. The number of para-hydroxylation sites is 2. The van der Waals surface area contributed by atoms with Crippen molar-refractivity contribution < 1.29 is 4.74 Å². The van der Waals surface area contributed by atoms with Crippen molar-refractivity contribution >= 4 is 11.3 Å². The maximum Gasteiger partial charge on any atom is 0.285 e. The van der Waals surface area contributed by atoms with Crippen LogP contribution in [0.4, 0.5) is 5.69 Å². The lowest BCUT2D eigenvalue weighted by atomic mass is 9.92. The van der Waals surface area contributed by atoms with Gasteiger partial charge in [-0.15, -0.1) is 0 Å². The number of hydrogen-bond donors (Lipinski definition) is 0. The minimum Gasteiger partial charge on any atom is -0.497 e. The molecule has 0 N–H and O–H groups in total. The van der Waals surface area contributed by atoms with E-state index in [0.717, 1.165) is 16.8 Å². The summed E-state index contributed by atoms with van der Waals surface area (Å²) in [7, 11) is 1.69. The number of rotatable bonds is 2. The SMILES string of the molecule is COc1ccc(C2=c3ccccc3=[N+]c3ccccc32)cc1. The molecular weight excluding hydrogens is 270 g/mol. The molecule has 1 aliphatic heterocycles. The molecule has 2 nitrogen and oxygen atoms in total. The zero-order valence-electron chi connectivity index (χ0n) is 12.3. The molecule has 0 aromatic heterocycles. The summed E-state index contributed by atoms with van der Waals surface area (Å²) in [6.07, 6.45) is 0. The molecule has 0 aliphatic carbocycles. The molecule has 0 unspecified atom stereocenters. The Hall–Kier alpha value is -2.87. The van der Waals surface area contributed by atoms with Gasteiger partial charge in [0.25, 0.3) is 11.0 Å². The van der Waals surface area contributed by atoms with E-state index in [0.29, 0.717) is 0 Å². The Bertz CT molecular complexity index is 955. The second kappa shape index (κ2) is 5.15. The predicted molar refractivity (Wildman–Crippen MR) is 87.6 cm³/mol. The van der Waals surface area contributed by atoms with Crippen molar-refractivity contribution in [2.75, 3.05) is 7.11 Å². The van der Waals surface area contributed by atoms with Crippen LogP contribution < -0.4 is 20.3 Å². The fraction of sp³-hybridized carbons (Fsp3) is 0.0500. The summed E-state index contributed by atoms with van der Waals surface area (Å²) < 4.78 is 5.27. The normalized spacial score (nSPS) is 12.1. The first-order chi connectivity index (χ1) is 10.9. The Labute approximate surface area is 129 Å². The lowest BCUT2D eigenvalue weighted by Gasteiger charge is -2.10. The Kier molecular flexibility index (Phi) is 3.01. The fourth-order valence-corrected chi connectivity index (χ4v) is 2.91. The number of fused-ring (bicyclic) bond motifs is 2. The summed E-state index contributed by atoms with van der Waals surface area (Å²) in [6, 6.07) is 24.8. The fourth-order valence-electron chi connectivity index (χ4n) is 2.91.